The van der Waals surface area contributed by atoms with Gasteiger partial charge < -0.3 is 15.5 Å². The van der Waals surface area contributed by atoms with Crippen LogP contribution in [-0.4, -0.2) is 30.1 Å². The number of hydrogen-bond donors (Lipinski definition) is 2. The molecule has 0 radical (unpaired) electrons. The average molecular weight is 439 g/mol. The van der Waals surface area contributed by atoms with E-state index in [0.29, 0.717) is 16.9 Å². The molecule has 0 fully saturated rings. The van der Waals surface area contributed by atoms with Crippen LogP contribution in [0.1, 0.15) is 34.7 Å². The third-order valence-corrected chi connectivity index (χ3v) is 5.19. The second kappa shape index (κ2) is 7.65. The molecule has 10 nitrogen and oxygen atoms in total. The van der Waals surface area contributed by atoms with E-state index >= 15 is 0 Å². The summed E-state index contributed by atoms with van der Waals surface area (Å²) < 4.78 is 8.26. The fraction of sp³-hybridized carbons (Fsp3) is 0.0870. The number of nitrogens with zero attached hydrogens (tertiary/aromatic N) is 5. The van der Waals surface area contributed by atoms with E-state index in [-0.39, 0.29) is 28.3 Å². The first-order chi connectivity index (χ1) is 16.0. The summed E-state index contributed by atoms with van der Waals surface area (Å²) in [5.74, 6) is 2.23. The molecule has 0 unspecified atom stereocenters. The first-order valence-electron chi connectivity index (χ1n) is 9.95. The van der Waals surface area contributed by atoms with Gasteiger partial charge in [-0.15, -0.1) is 11.5 Å². The lowest BCUT2D eigenvalue weighted by Gasteiger charge is -2.18. The number of rotatable bonds is 4. The molecule has 4 heterocycles. The largest absolute Gasteiger partial charge is 0.445 e. The molecule has 0 aliphatic heterocycles. The molecule has 3 N–H and O–H groups in total. The van der Waals surface area contributed by atoms with Gasteiger partial charge in [-0.05, 0) is 25.1 Å². The monoisotopic (exact) mass is 439 g/mol. The molecule has 1 atom stereocenters. The van der Waals surface area contributed by atoms with Crippen molar-refractivity contribution < 1.29 is 9.21 Å². The van der Waals surface area contributed by atoms with E-state index in [1.807, 2.05) is 6.07 Å². The number of anilines is 1. The Hall–Kier alpha value is -4.91. The number of fused-ring (bicyclic) bond motifs is 2. The highest BCUT2D eigenvalue weighted by Gasteiger charge is 2.25. The average Bonchev–Trinajstić information content (AvgIpc) is 3.39. The van der Waals surface area contributed by atoms with Gasteiger partial charge in [0.25, 0.3) is 11.5 Å². The van der Waals surface area contributed by atoms with E-state index in [4.69, 9.17) is 16.6 Å². The number of amides is 1. The summed E-state index contributed by atoms with van der Waals surface area (Å²) >= 11 is 0. The molecule has 5 rings (SSSR count). The summed E-state index contributed by atoms with van der Waals surface area (Å²) in [6.07, 6.45) is 10.0. The molecule has 10 heteroatoms. The molecular formula is C23H17N7O3. The van der Waals surface area contributed by atoms with Crippen LogP contribution in [0.15, 0.2) is 64.3 Å². The third-order valence-electron chi connectivity index (χ3n) is 5.19. The van der Waals surface area contributed by atoms with Gasteiger partial charge in [-0.1, -0.05) is 24.1 Å². The van der Waals surface area contributed by atoms with Crippen molar-refractivity contribution in [2.75, 3.05) is 5.73 Å². The number of benzene rings is 1. The summed E-state index contributed by atoms with van der Waals surface area (Å²) in [6.45, 7) is 1.70. The van der Waals surface area contributed by atoms with E-state index < -0.39 is 17.5 Å². The maximum absolute atomic E-state index is 13.4. The predicted octanol–water partition coefficient (Wildman–Crippen LogP) is 2.08. The fourth-order valence-corrected chi connectivity index (χ4v) is 3.68. The number of aromatic nitrogens is 5. The predicted molar refractivity (Wildman–Crippen MR) is 121 cm³/mol. The van der Waals surface area contributed by atoms with Crippen molar-refractivity contribution in [2.45, 2.75) is 13.0 Å². The van der Waals surface area contributed by atoms with Gasteiger partial charge in [-0.3, -0.25) is 14.2 Å². The minimum absolute atomic E-state index is 0.0342. The number of nitrogens with two attached hydrogens (primary N) is 1. The fourth-order valence-electron chi connectivity index (χ4n) is 3.68. The van der Waals surface area contributed by atoms with Gasteiger partial charge >= 0.3 is 0 Å². The van der Waals surface area contributed by atoms with Gasteiger partial charge in [0.05, 0.1) is 17.3 Å². The second-order valence-corrected chi connectivity index (χ2v) is 7.26. The van der Waals surface area contributed by atoms with Crippen LogP contribution in [0.4, 0.5) is 5.82 Å². The molecule has 0 bridgehead atoms. The lowest BCUT2D eigenvalue weighted by atomic mass is 10.2. The molecule has 33 heavy (non-hydrogen) atoms. The minimum Gasteiger partial charge on any atom is -0.445 e. The Morgan fingerprint density at radius 1 is 1.27 bits per heavy atom. The molecule has 162 valence electrons. The Kier molecular flexibility index (Phi) is 4.64. The van der Waals surface area contributed by atoms with Crippen molar-refractivity contribution in [3.63, 3.8) is 0 Å². The van der Waals surface area contributed by atoms with E-state index in [9.17, 15) is 9.59 Å². The minimum atomic E-state index is -0.716. The lowest BCUT2D eigenvalue weighted by Crippen LogP contribution is -2.33. The number of carbonyl (C=O) groups excluding carboxylic acids is 1. The van der Waals surface area contributed by atoms with Crippen LogP contribution >= 0.6 is 0 Å². The molecule has 1 aromatic carbocycles. The van der Waals surface area contributed by atoms with E-state index in [1.165, 1.54) is 15.3 Å². The molecular weight excluding hydrogens is 422 g/mol. The Morgan fingerprint density at radius 3 is 2.82 bits per heavy atom. The van der Waals surface area contributed by atoms with Crippen molar-refractivity contribution in [1.29, 1.82) is 0 Å². The normalized spacial score (nSPS) is 12.0. The maximum Gasteiger partial charge on any atom is 0.270 e. The van der Waals surface area contributed by atoms with Gasteiger partial charge in [0.2, 0.25) is 5.71 Å². The Balaban J connectivity index is 1.63. The van der Waals surface area contributed by atoms with Crippen LogP contribution in [0, 0.1) is 12.3 Å². The van der Waals surface area contributed by atoms with Crippen LogP contribution in [0.3, 0.4) is 0 Å². The Bertz CT molecular complexity index is 1620. The highest BCUT2D eigenvalue weighted by atomic mass is 16.3. The molecule has 0 saturated carbocycles. The highest BCUT2D eigenvalue weighted by Crippen LogP contribution is 2.22. The number of nitrogen functional groups attached to an aromatic ring is 1. The summed E-state index contributed by atoms with van der Waals surface area (Å²) in [5.41, 5.74) is 6.97. The van der Waals surface area contributed by atoms with Crippen LogP contribution in [0.2, 0.25) is 0 Å². The standard InChI is InChI=1S/C23H17N7O3/c1-3-14-12-33-22-16(14)23(32)30(15-8-5-4-6-9-15)19(27-22)13(2)26-21(31)17-18(24)28-29-11-7-10-25-20(17)29/h1,4-13H,2H3,(H2,24,28)(H,26,31)/t13-/m0/s1. The molecule has 0 aliphatic rings. The first kappa shape index (κ1) is 20.0. The number of nitrogens with one attached hydrogen (secondary N) is 1. The van der Waals surface area contributed by atoms with Crippen molar-refractivity contribution >= 4 is 28.5 Å². The van der Waals surface area contributed by atoms with Crippen LogP contribution in [0.25, 0.3) is 22.4 Å². The maximum atomic E-state index is 13.4. The van der Waals surface area contributed by atoms with Crippen molar-refractivity contribution in [1.82, 2.24) is 29.5 Å². The smallest absolute Gasteiger partial charge is 0.270 e. The number of para-hydroxylation sites is 1. The van der Waals surface area contributed by atoms with E-state index in [2.05, 4.69) is 26.3 Å². The molecule has 1 amide bonds. The number of hydrogen-bond acceptors (Lipinski definition) is 7. The molecule has 5 aromatic rings. The van der Waals surface area contributed by atoms with Crippen molar-refractivity contribution in [3.8, 4) is 18.0 Å². The molecule has 0 saturated heterocycles. The van der Waals surface area contributed by atoms with Gasteiger partial charge in [-0.25, -0.2) is 9.50 Å². The summed E-state index contributed by atoms with van der Waals surface area (Å²) in [4.78, 5) is 35.3. The van der Waals surface area contributed by atoms with Gasteiger partial charge in [0.1, 0.15) is 23.0 Å². The van der Waals surface area contributed by atoms with Gasteiger partial charge in [0.15, 0.2) is 11.5 Å². The Morgan fingerprint density at radius 2 is 2.06 bits per heavy atom. The summed E-state index contributed by atoms with van der Waals surface area (Å²) in [6, 6.07) is 9.90. The topological polar surface area (TPSA) is 133 Å². The molecule has 4 aromatic heterocycles. The second-order valence-electron chi connectivity index (χ2n) is 7.26. The van der Waals surface area contributed by atoms with E-state index in [1.54, 1.807) is 49.6 Å². The molecule has 0 spiro atoms. The zero-order chi connectivity index (χ0) is 23.1. The third kappa shape index (κ3) is 3.19. The quantitative estimate of drug-likeness (QED) is 0.410. The first-order valence-corrected chi connectivity index (χ1v) is 9.95. The zero-order valence-electron chi connectivity index (χ0n) is 17.4. The van der Waals surface area contributed by atoms with Crippen LogP contribution < -0.4 is 16.6 Å². The molecule has 0 aliphatic carbocycles. The van der Waals surface area contributed by atoms with Crippen LogP contribution in [-0.2, 0) is 0 Å². The van der Waals surface area contributed by atoms with E-state index in [0.717, 1.165) is 0 Å². The van der Waals surface area contributed by atoms with Crippen molar-refractivity contribution in [2.24, 2.45) is 0 Å². The van der Waals surface area contributed by atoms with Gasteiger partial charge in [-0.2, -0.15) is 4.98 Å². The summed E-state index contributed by atoms with van der Waals surface area (Å²) in [5, 5.41) is 7.15. The number of furan rings is 1. The van der Waals surface area contributed by atoms with Gasteiger partial charge in [0, 0.05) is 12.4 Å². The van der Waals surface area contributed by atoms with Crippen LogP contribution in [0.5, 0.6) is 0 Å². The number of terminal acetylenes is 1. The zero-order valence-corrected chi connectivity index (χ0v) is 17.4. The lowest BCUT2D eigenvalue weighted by molar-refractivity contribution is 0.0940. The Labute approximate surface area is 186 Å². The SMILES string of the molecule is C#Cc1coc2nc([C@H](C)NC(=O)c3c(N)nn4cccnc34)n(-c3ccccc3)c(=O)c12. The number of carbonyl (C=O) groups is 1. The van der Waals surface area contributed by atoms with Crippen molar-refractivity contribution in [3.05, 3.63) is 82.4 Å². The summed E-state index contributed by atoms with van der Waals surface area (Å²) in [7, 11) is 0. The highest BCUT2D eigenvalue weighted by molar-refractivity contribution is 6.04.